The third-order valence-electron chi connectivity index (χ3n) is 4.28. The van der Waals surface area contributed by atoms with Gasteiger partial charge in [-0.05, 0) is 26.0 Å². The molecule has 1 N–H and O–H groups in total. The molecule has 26 heavy (non-hydrogen) atoms. The number of aromatic nitrogens is 2. The Morgan fingerprint density at radius 3 is 2.85 bits per heavy atom. The quantitative estimate of drug-likeness (QED) is 0.741. The predicted octanol–water partition coefficient (Wildman–Crippen LogP) is 2.12. The summed E-state index contributed by atoms with van der Waals surface area (Å²) >= 11 is 1.52. The first-order valence-corrected chi connectivity index (χ1v) is 9.73. The number of ether oxygens (including phenoxy) is 1. The Hall–Kier alpha value is -1.90. The fourth-order valence-electron chi connectivity index (χ4n) is 2.80. The van der Waals surface area contributed by atoms with E-state index in [4.69, 9.17) is 9.26 Å². The third kappa shape index (κ3) is 5.06. The second-order valence-electron chi connectivity index (χ2n) is 6.23. The number of hydrogen-bond acceptors (Lipinski definition) is 7. The van der Waals surface area contributed by atoms with Crippen LogP contribution in [0.2, 0.25) is 0 Å². The number of rotatable bonds is 7. The van der Waals surface area contributed by atoms with Gasteiger partial charge in [-0.1, -0.05) is 17.3 Å². The summed E-state index contributed by atoms with van der Waals surface area (Å²) in [5.41, 5.74) is 0.669. The summed E-state index contributed by atoms with van der Waals surface area (Å²) in [4.78, 5) is 20.1. The molecule has 7 nitrogen and oxygen atoms in total. The zero-order valence-corrected chi connectivity index (χ0v) is 15.9. The Labute approximate surface area is 157 Å². The Balaban J connectivity index is 1.56. The van der Waals surface area contributed by atoms with E-state index in [1.165, 1.54) is 11.8 Å². The molecule has 0 radical (unpaired) electrons. The van der Waals surface area contributed by atoms with Gasteiger partial charge in [0.25, 0.3) is 5.91 Å². The first kappa shape index (κ1) is 18.9. The van der Waals surface area contributed by atoms with Gasteiger partial charge in [0, 0.05) is 30.6 Å². The number of nitrogens with one attached hydrogen (secondary N) is 1. The zero-order chi connectivity index (χ0) is 18.4. The molecule has 8 heteroatoms. The molecule has 140 valence electrons. The molecule has 1 aliphatic heterocycles. The average Bonchev–Trinajstić information content (AvgIpc) is 3.10. The highest BCUT2D eigenvalue weighted by Crippen LogP contribution is 2.25. The van der Waals surface area contributed by atoms with Gasteiger partial charge in [0.05, 0.1) is 24.5 Å². The summed E-state index contributed by atoms with van der Waals surface area (Å²) in [6, 6.07) is 7.86. The van der Waals surface area contributed by atoms with Crippen LogP contribution in [0.5, 0.6) is 0 Å². The molecule has 1 fully saturated rings. The van der Waals surface area contributed by atoms with Crippen LogP contribution in [0.15, 0.2) is 33.7 Å². The van der Waals surface area contributed by atoms with E-state index in [2.05, 4.69) is 27.3 Å². The van der Waals surface area contributed by atoms with Gasteiger partial charge < -0.3 is 14.6 Å². The molecule has 1 aromatic heterocycles. The zero-order valence-electron chi connectivity index (χ0n) is 15.1. The van der Waals surface area contributed by atoms with Gasteiger partial charge >= 0.3 is 0 Å². The molecule has 1 aliphatic rings. The Kier molecular flexibility index (Phi) is 6.65. The Morgan fingerprint density at radius 1 is 1.35 bits per heavy atom. The van der Waals surface area contributed by atoms with Gasteiger partial charge in [-0.15, -0.1) is 11.8 Å². The van der Waals surface area contributed by atoms with Crippen LogP contribution in [0.4, 0.5) is 0 Å². The third-order valence-corrected chi connectivity index (χ3v) is 5.34. The molecule has 1 saturated heterocycles. The topological polar surface area (TPSA) is 80.5 Å². The minimum Gasteiger partial charge on any atom is -0.379 e. The van der Waals surface area contributed by atoms with E-state index in [1.807, 2.05) is 24.3 Å². The number of benzene rings is 1. The van der Waals surface area contributed by atoms with Crippen LogP contribution in [0.1, 0.15) is 29.0 Å². The number of carbonyl (C=O) groups excluding carboxylic acids is 1. The van der Waals surface area contributed by atoms with E-state index in [9.17, 15) is 4.79 Å². The van der Waals surface area contributed by atoms with E-state index in [0.717, 1.165) is 31.2 Å². The molecule has 1 aromatic carbocycles. The van der Waals surface area contributed by atoms with E-state index in [-0.39, 0.29) is 11.9 Å². The number of morpholine rings is 1. The van der Waals surface area contributed by atoms with Gasteiger partial charge in [0.2, 0.25) is 5.89 Å². The lowest BCUT2D eigenvalue weighted by atomic mass is 10.2. The molecule has 2 heterocycles. The summed E-state index contributed by atoms with van der Waals surface area (Å²) in [5, 5.41) is 6.84. The first-order valence-electron chi connectivity index (χ1n) is 8.74. The van der Waals surface area contributed by atoms with Gasteiger partial charge in [-0.25, -0.2) is 0 Å². The van der Waals surface area contributed by atoms with Crippen molar-refractivity contribution in [2.45, 2.75) is 30.5 Å². The Bertz CT molecular complexity index is 731. The second-order valence-corrected chi connectivity index (χ2v) is 7.24. The van der Waals surface area contributed by atoms with Crippen molar-refractivity contribution in [3.05, 3.63) is 41.5 Å². The molecule has 0 spiro atoms. The number of thioether (sulfide) groups is 1. The number of aryl methyl sites for hydroxylation is 1. The standard InChI is InChI=1S/C18H24N4O3S/c1-13(22-7-9-24-10-8-22)11-19-18(23)15-5-3-4-6-16(15)26-12-17-20-14(2)21-25-17/h3-6,13H,7-12H2,1-2H3,(H,19,23). The molecule has 0 bridgehead atoms. The average molecular weight is 376 g/mol. The lowest BCUT2D eigenvalue weighted by Gasteiger charge is -2.32. The summed E-state index contributed by atoms with van der Waals surface area (Å²) in [6.45, 7) is 7.86. The van der Waals surface area contributed by atoms with Crippen molar-refractivity contribution >= 4 is 17.7 Å². The van der Waals surface area contributed by atoms with E-state index >= 15 is 0 Å². The summed E-state index contributed by atoms with van der Waals surface area (Å²) in [6.07, 6.45) is 0. The number of carbonyl (C=O) groups is 1. The van der Waals surface area contributed by atoms with Crippen LogP contribution in [0.25, 0.3) is 0 Å². The molecule has 0 saturated carbocycles. The monoisotopic (exact) mass is 376 g/mol. The Morgan fingerprint density at radius 2 is 2.12 bits per heavy atom. The predicted molar refractivity (Wildman–Crippen MR) is 99.2 cm³/mol. The highest BCUT2D eigenvalue weighted by Gasteiger charge is 2.19. The fourth-order valence-corrected chi connectivity index (χ4v) is 3.69. The smallest absolute Gasteiger partial charge is 0.252 e. The molecular formula is C18H24N4O3S. The van der Waals surface area contributed by atoms with E-state index in [1.54, 1.807) is 6.92 Å². The normalized spacial score (nSPS) is 16.4. The van der Waals surface area contributed by atoms with Gasteiger partial charge in [0.15, 0.2) is 5.82 Å². The van der Waals surface area contributed by atoms with Crippen LogP contribution in [-0.2, 0) is 10.5 Å². The largest absolute Gasteiger partial charge is 0.379 e. The fraction of sp³-hybridized carbons (Fsp3) is 0.500. The van der Waals surface area contributed by atoms with Crippen LogP contribution in [0.3, 0.4) is 0 Å². The van der Waals surface area contributed by atoms with Gasteiger partial charge in [0.1, 0.15) is 0 Å². The SMILES string of the molecule is Cc1noc(CSc2ccccc2C(=O)NCC(C)N2CCOCC2)n1. The number of amides is 1. The second kappa shape index (κ2) is 9.16. The summed E-state index contributed by atoms with van der Waals surface area (Å²) in [7, 11) is 0. The molecular weight excluding hydrogens is 352 g/mol. The maximum atomic E-state index is 12.6. The maximum absolute atomic E-state index is 12.6. The molecule has 1 amide bonds. The summed E-state index contributed by atoms with van der Waals surface area (Å²) in [5.74, 6) is 1.65. The van der Waals surface area contributed by atoms with Crippen molar-refractivity contribution in [3.8, 4) is 0 Å². The number of hydrogen-bond donors (Lipinski definition) is 1. The van der Waals surface area contributed by atoms with Gasteiger partial charge in [-0.3, -0.25) is 9.69 Å². The van der Waals surface area contributed by atoms with E-state index < -0.39 is 0 Å². The van der Waals surface area contributed by atoms with Gasteiger partial charge in [-0.2, -0.15) is 4.98 Å². The lowest BCUT2D eigenvalue weighted by Crippen LogP contribution is -2.47. The minimum absolute atomic E-state index is 0.0603. The lowest BCUT2D eigenvalue weighted by molar-refractivity contribution is 0.0204. The highest BCUT2D eigenvalue weighted by atomic mass is 32.2. The molecule has 2 aromatic rings. The van der Waals surface area contributed by atoms with Crippen molar-refractivity contribution < 1.29 is 14.1 Å². The first-order chi connectivity index (χ1) is 12.6. The van der Waals surface area contributed by atoms with Crippen molar-refractivity contribution in [1.29, 1.82) is 0 Å². The highest BCUT2D eigenvalue weighted by molar-refractivity contribution is 7.98. The number of nitrogens with zero attached hydrogens (tertiary/aromatic N) is 3. The van der Waals surface area contributed by atoms with Crippen molar-refractivity contribution in [2.75, 3.05) is 32.8 Å². The van der Waals surface area contributed by atoms with Crippen molar-refractivity contribution in [2.24, 2.45) is 0 Å². The van der Waals surface area contributed by atoms with Crippen LogP contribution in [0, 0.1) is 6.92 Å². The van der Waals surface area contributed by atoms with Crippen LogP contribution in [-0.4, -0.2) is 59.8 Å². The van der Waals surface area contributed by atoms with Crippen LogP contribution < -0.4 is 5.32 Å². The van der Waals surface area contributed by atoms with Crippen molar-refractivity contribution in [3.63, 3.8) is 0 Å². The minimum atomic E-state index is -0.0603. The molecule has 3 rings (SSSR count). The molecule has 1 unspecified atom stereocenters. The van der Waals surface area contributed by atoms with Crippen molar-refractivity contribution in [1.82, 2.24) is 20.4 Å². The maximum Gasteiger partial charge on any atom is 0.252 e. The van der Waals surface area contributed by atoms with E-state index in [0.29, 0.717) is 29.6 Å². The molecule has 1 atom stereocenters. The molecule has 0 aliphatic carbocycles. The van der Waals surface area contributed by atoms with Crippen LogP contribution >= 0.6 is 11.8 Å². The summed E-state index contributed by atoms with van der Waals surface area (Å²) < 4.78 is 10.5.